The largest absolute Gasteiger partial charge is 0.413 e. The van der Waals surface area contributed by atoms with E-state index >= 15 is 0 Å². The fraction of sp³-hybridized carbons (Fsp3) is 0.588. The number of carbonyl (C=O) groups is 1. The highest BCUT2D eigenvalue weighted by atomic mass is 32.2. The molecule has 1 aromatic rings. The van der Waals surface area contributed by atoms with Gasteiger partial charge in [0.1, 0.15) is 5.37 Å². The molecule has 1 aromatic carbocycles. The Hall–Kier alpha value is -1.18. The number of rotatable bonds is 5. The molecule has 1 saturated heterocycles. The zero-order chi connectivity index (χ0) is 18.3. The van der Waals surface area contributed by atoms with Crippen LogP contribution in [0.5, 0.6) is 0 Å². The van der Waals surface area contributed by atoms with Crippen LogP contribution >= 0.6 is 0 Å². The Morgan fingerprint density at radius 2 is 1.71 bits per heavy atom. The van der Waals surface area contributed by atoms with Crippen LogP contribution in [0.4, 0.5) is 0 Å². The van der Waals surface area contributed by atoms with Crippen molar-refractivity contribution in [1.29, 1.82) is 0 Å². The van der Waals surface area contributed by atoms with E-state index in [-0.39, 0.29) is 15.8 Å². The number of amides is 1. The summed E-state index contributed by atoms with van der Waals surface area (Å²) in [7, 11) is -5.70. The van der Waals surface area contributed by atoms with E-state index in [1.54, 1.807) is 37.3 Å². The second-order valence-electron chi connectivity index (χ2n) is 7.90. The highest BCUT2D eigenvalue weighted by molar-refractivity contribution is 7.92. The smallest absolute Gasteiger partial charge is 0.229 e. The standard InChI is InChI=1S/C17H27NO4SSi/c1-12(22-24(5,6)17(2,3)4)14-15(19)18-16(14)23(20,21)13-10-8-7-9-11-13/h7-12,14,16H,1-6H3,(H,18,19)/t12?,14-,16-/m1/s1. The maximum atomic E-state index is 12.8. The molecule has 7 heteroatoms. The molecule has 0 radical (unpaired) electrons. The first-order valence-electron chi connectivity index (χ1n) is 8.15. The quantitative estimate of drug-likeness (QED) is 0.640. The normalized spacial score (nSPS) is 23.3. The summed E-state index contributed by atoms with van der Waals surface area (Å²) < 4.78 is 31.8. The second-order valence-corrected chi connectivity index (χ2v) is 14.7. The average Bonchev–Trinajstić information content (AvgIpc) is 2.43. The highest BCUT2D eigenvalue weighted by Crippen LogP contribution is 2.39. The van der Waals surface area contributed by atoms with Crippen molar-refractivity contribution in [3.8, 4) is 0 Å². The number of hydrogen-bond acceptors (Lipinski definition) is 4. The molecule has 0 aliphatic carbocycles. The van der Waals surface area contributed by atoms with Crippen molar-refractivity contribution in [2.45, 2.75) is 62.2 Å². The SMILES string of the molecule is CC(O[Si](C)(C)C(C)(C)C)[C@@H]1C(=O)N[C@@H]1S(=O)(=O)c1ccccc1. The van der Waals surface area contributed by atoms with Crippen LogP contribution in [0.25, 0.3) is 0 Å². The lowest BCUT2D eigenvalue weighted by Gasteiger charge is -2.44. The van der Waals surface area contributed by atoms with Gasteiger partial charge in [0, 0.05) is 0 Å². The van der Waals surface area contributed by atoms with Gasteiger partial charge in [-0.25, -0.2) is 8.42 Å². The maximum absolute atomic E-state index is 12.8. The Balaban J connectivity index is 2.23. The topological polar surface area (TPSA) is 72.5 Å². The Labute approximate surface area is 145 Å². The number of nitrogens with one attached hydrogen (secondary N) is 1. The molecule has 24 heavy (non-hydrogen) atoms. The molecule has 1 aliphatic rings. The number of carbonyl (C=O) groups excluding carboxylic acids is 1. The summed E-state index contributed by atoms with van der Waals surface area (Å²) in [5.74, 6) is -0.935. The molecule has 1 heterocycles. The predicted molar refractivity (Wildman–Crippen MR) is 96.8 cm³/mol. The van der Waals surface area contributed by atoms with Crippen LogP contribution in [0.1, 0.15) is 27.7 Å². The fourth-order valence-electron chi connectivity index (χ4n) is 2.57. The summed E-state index contributed by atoms with van der Waals surface area (Å²) in [6.45, 7) is 12.3. The molecule has 0 aromatic heterocycles. The van der Waals surface area contributed by atoms with Gasteiger partial charge in [0.25, 0.3) is 0 Å². The van der Waals surface area contributed by atoms with E-state index in [9.17, 15) is 13.2 Å². The molecule has 0 spiro atoms. The first kappa shape index (κ1) is 19.1. The van der Waals surface area contributed by atoms with Gasteiger partial charge < -0.3 is 9.74 Å². The van der Waals surface area contributed by atoms with Gasteiger partial charge in [-0.05, 0) is 37.2 Å². The van der Waals surface area contributed by atoms with Gasteiger partial charge in [-0.15, -0.1) is 0 Å². The average molecular weight is 370 g/mol. The number of hydrogen-bond donors (Lipinski definition) is 1. The second kappa shape index (κ2) is 6.27. The zero-order valence-corrected chi connectivity index (χ0v) is 17.0. The molecule has 2 rings (SSSR count). The predicted octanol–water partition coefficient (Wildman–Crippen LogP) is 2.94. The molecule has 1 fully saturated rings. The molecular weight excluding hydrogens is 342 g/mol. The van der Waals surface area contributed by atoms with Crippen molar-refractivity contribution >= 4 is 24.1 Å². The molecule has 0 bridgehead atoms. The van der Waals surface area contributed by atoms with E-state index in [1.165, 1.54) is 0 Å². The van der Waals surface area contributed by atoms with Crippen LogP contribution < -0.4 is 5.32 Å². The third kappa shape index (κ3) is 3.43. The van der Waals surface area contributed by atoms with Gasteiger partial charge in [-0.1, -0.05) is 39.0 Å². The third-order valence-corrected chi connectivity index (χ3v) is 11.7. The molecule has 1 aliphatic heterocycles. The minimum Gasteiger partial charge on any atom is -0.413 e. The Kier molecular flexibility index (Phi) is 5.01. The maximum Gasteiger partial charge on any atom is 0.229 e. The summed E-state index contributed by atoms with van der Waals surface area (Å²) in [5.41, 5.74) is 0. The molecule has 0 saturated carbocycles. The van der Waals surface area contributed by atoms with Crippen LogP contribution in [0.2, 0.25) is 18.1 Å². The molecule has 1 unspecified atom stereocenters. The van der Waals surface area contributed by atoms with Crippen molar-refractivity contribution in [1.82, 2.24) is 5.32 Å². The van der Waals surface area contributed by atoms with Gasteiger partial charge in [-0.3, -0.25) is 4.79 Å². The van der Waals surface area contributed by atoms with Crippen molar-refractivity contribution < 1.29 is 17.6 Å². The van der Waals surface area contributed by atoms with E-state index in [4.69, 9.17) is 4.43 Å². The van der Waals surface area contributed by atoms with Crippen LogP contribution in [0, 0.1) is 5.92 Å². The van der Waals surface area contributed by atoms with Crippen LogP contribution in [-0.2, 0) is 19.1 Å². The van der Waals surface area contributed by atoms with Gasteiger partial charge in [0.15, 0.2) is 18.2 Å². The van der Waals surface area contributed by atoms with Crippen molar-refractivity contribution in [2.75, 3.05) is 0 Å². The van der Waals surface area contributed by atoms with E-state index in [0.717, 1.165) is 0 Å². The van der Waals surface area contributed by atoms with Crippen LogP contribution in [0.3, 0.4) is 0 Å². The molecule has 1 N–H and O–H groups in total. The number of sulfone groups is 1. The van der Waals surface area contributed by atoms with Gasteiger partial charge in [0.05, 0.1) is 16.9 Å². The zero-order valence-electron chi connectivity index (χ0n) is 15.2. The lowest BCUT2D eigenvalue weighted by molar-refractivity contribution is -0.136. The van der Waals surface area contributed by atoms with Crippen molar-refractivity contribution in [3.05, 3.63) is 30.3 Å². The summed E-state index contributed by atoms with van der Waals surface area (Å²) in [6.07, 6.45) is -0.442. The first-order valence-corrected chi connectivity index (χ1v) is 12.6. The van der Waals surface area contributed by atoms with E-state index < -0.39 is 35.6 Å². The summed E-state index contributed by atoms with van der Waals surface area (Å²) in [5, 5.41) is 1.62. The third-order valence-electron chi connectivity index (χ3n) is 5.11. The van der Waals surface area contributed by atoms with Gasteiger partial charge >= 0.3 is 0 Å². The van der Waals surface area contributed by atoms with E-state index in [0.29, 0.717) is 0 Å². The van der Waals surface area contributed by atoms with Gasteiger partial charge in [0.2, 0.25) is 5.91 Å². The number of benzene rings is 1. The lowest BCUT2D eigenvalue weighted by Crippen LogP contribution is -2.66. The minimum absolute atomic E-state index is 0.00468. The molecule has 5 nitrogen and oxygen atoms in total. The molecular formula is C17H27NO4SSi. The Bertz CT molecular complexity index is 710. The summed E-state index contributed by atoms with van der Waals surface area (Å²) in [4.78, 5) is 12.3. The molecule has 134 valence electrons. The monoisotopic (exact) mass is 369 g/mol. The molecule has 3 atom stereocenters. The van der Waals surface area contributed by atoms with Crippen molar-refractivity contribution in [3.63, 3.8) is 0 Å². The van der Waals surface area contributed by atoms with E-state index in [2.05, 4.69) is 39.2 Å². The van der Waals surface area contributed by atoms with Crippen LogP contribution in [0.15, 0.2) is 35.2 Å². The number of β-lactam (4-membered cyclic amide) rings is 1. The van der Waals surface area contributed by atoms with Crippen LogP contribution in [-0.4, -0.2) is 34.1 Å². The fourth-order valence-corrected chi connectivity index (χ4v) is 5.83. The van der Waals surface area contributed by atoms with E-state index in [1.807, 2.05) is 0 Å². The molecule has 1 amide bonds. The summed E-state index contributed by atoms with van der Waals surface area (Å²) >= 11 is 0. The minimum atomic E-state index is -3.62. The highest BCUT2D eigenvalue weighted by Gasteiger charge is 2.53. The summed E-state index contributed by atoms with van der Waals surface area (Å²) in [6, 6.07) is 8.22. The van der Waals surface area contributed by atoms with Crippen molar-refractivity contribution in [2.24, 2.45) is 5.92 Å². The van der Waals surface area contributed by atoms with Gasteiger partial charge in [-0.2, -0.15) is 0 Å². The lowest BCUT2D eigenvalue weighted by atomic mass is 9.96. The Morgan fingerprint density at radius 1 is 1.17 bits per heavy atom. The Morgan fingerprint density at radius 3 is 2.17 bits per heavy atom. The first-order chi connectivity index (χ1) is 10.9.